The summed E-state index contributed by atoms with van der Waals surface area (Å²) >= 11 is 0. The summed E-state index contributed by atoms with van der Waals surface area (Å²) in [6.07, 6.45) is -2.52. The van der Waals surface area contributed by atoms with Gasteiger partial charge in [-0.2, -0.15) is 26.9 Å². The summed E-state index contributed by atoms with van der Waals surface area (Å²) in [7, 11) is -3.62. The van der Waals surface area contributed by atoms with Crippen LogP contribution in [0, 0.1) is 16.7 Å². The standard InChI is InChI=1S/C19H25F3N2O3S/c1-5-24(14-7-6-13(12-23)16(10-14)19(20,21)22)17-11-15(27-28(4,25)26)8-9-18(17,2)3/h6-7,10,15,17H,5,8-9,11H2,1-4H3. The summed E-state index contributed by atoms with van der Waals surface area (Å²) in [5, 5.41) is 9.01. The lowest BCUT2D eigenvalue weighted by atomic mass is 9.71. The zero-order chi connectivity index (χ0) is 21.3. The van der Waals surface area contributed by atoms with E-state index in [1.165, 1.54) is 12.1 Å². The van der Waals surface area contributed by atoms with Crippen molar-refractivity contribution in [3.05, 3.63) is 29.3 Å². The zero-order valence-electron chi connectivity index (χ0n) is 16.4. The van der Waals surface area contributed by atoms with Crippen LogP contribution in [-0.4, -0.2) is 33.4 Å². The van der Waals surface area contributed by atoms with Gasteiger partial charge in [-0.15, -0.1) is 0 Å². The maximum atomic E-state index is 13.4. The molecule has 0 aromatic heterocycles. The van der Waals surface area contributed by atoms with Crippen molar-refractivity contribution in [2.24, 2.45) is 5.41 Å². The fraction of sp³-hybridized carbons (Fsp3) is 0.632. The second-order valence-electron chi connectivity index (χ2n) is 7.83. The Morgan fingerprint density at radius 2 is 2.00 bits per heavy atom. The number of hydrogen-bond donors (Lipinski definition) is 0. The monoisotopic (exact) mass is 418 g/mol. The third kappa shape index (κ3) is 5.17. The molecule has 1 saturated carbocycles. The number of benzene rings is 1. The fourth-order valence-electron chi connectivity index (χ4n) is 3.90. The van der Waals surface area contributed by atoms with Crippen molar-refractivity contribution in [2.45, 2.75) is 58.4 Å². The van der Waals surface area contributed by atoms with E-state index in [-0.39, 0.29) is 11.5 Å². The van der Waals surface area contributed by atoms with Crippen molar-refractivity contribution in [2.75, 3.05) is 17.7 Å². The molecule has 1 aliphatic rings. The van der Waals surface area contributed by atoms with Gasteiger partial charge in [0.05, 0.1) is 29.6 Å². The summed E-state index contributed by atoms with van der Waals surface area (Å²) in [5.41, 5.74) is -1.29. The average Bonchev–Trinajstić information content (AvgIpc) is 2.56. The van der Waals surface area contributed by atoms with E-state index in [9.17, 15) is 21.6 Å². The average molecular weight is 418 g/mol. The highest BCUT2D eigenvalue weighted by molar-refractivity contribution is 7.86. The predicted molar refractivity (Wildman–Crippen MR) is 100 cm³/mol. The van der Waals surface area contributed by atoms with Crippen molar-refractivity contribution in [1.82, 2.24) is 0 Å². The molecular weight excluding hydrogens is 393 g/mol. The number of hydrogen-bond acceptors (Lipinski definition) is 5. The summed E-state index contributed by atoms with van der Waals surface area (Å²) < 4.78 is 68.3. The third-order valence-electron chi connectivity index (χ3n) is 5.29. The van der Waals surface area contributed by atoms with Gasteiger partial charge in [0.1, 0.15) is 0 Å². The molecule has 9 heteroatoms. The van der Waals surface area contributed by atoms with Crippen LogP contribution < -0.4 is 4.90 Å². The second kappa shape index (κ2) is 7.91. The van der Waals surface area contributed by atoms with E-state index in [0.29, 0.717) is 31.5 Å². The Morgan fingerprint density at radius 1 is 1.36 bits per heavy atom. The Balaban J connectivity index is 2.43. The highest BCUT2D eigenvalue weighted by Crippen LogP contribution is 2.43. The Labute approximate surface area is 164 Å². The Hall–Kier alpha value is -1.79. The molecule has 0 radical (unpaired) electrons. The van der Waals surface area contributed by atoms with Crippen LogP contribution >= 0.6 is 0 Å². The van der Waals surface area contributed by atoms with Crippen LogP contribution in [0.4, 0.5) is 18.9 Å². The molecule has 2 unspecified atom stereocenters. The minimum atomic E-state index is -4.63. The number of nitriles is 1. The minimum Gasteiger partial charge on any atom is -0.368 e. The van der Waals surface area contributed by atoms with Gasteiger partial charge in [-0.1, -0.05) is 13.8 Å². The van der Waals surface area contributed by atoms with E-state index < -0.39 is 33.5 Å². The summed E-state index contributed by atoms with van der Waals surface area (Å²) in [5.74, 6) is 0. The Bertz CT molecular complexity index is 860. The van der Waals surface area contributed by atoms with Crippen molar-refractivity contribution in [3.63, 3.8) is 0 Å². The minimum absolute atomic E-state index is 0.216. The van der Waals surface area contributed by atoms with Crippen LogP contribution in [0.1, 0.15) is 51.2 Å². The van der Waals surface area contributed by atoms with Gasteiger partial charge in [0, 0.05) is 18.3 Å². The van der Waals surface area contributed by atoms with Crippen molar-refractivity contribution >= 4 is 15.8 Å². The number of nitrogens with zero attached hydrogens (tertiary/aromatic N) is 2. The molecule has 0 saturated heterocycles. The van der Waals surface area contributed by atoms with Gasteiger partial charge in [-0.05, 0) is 49.8 Å². The number of alkyl halides is 3. The van der Waals surface area contributed by atoms with Gasteiger partial charge in [-0.3, -0.25) is 4.18 Å². The van der Waals surface area contributed by atoms with Crippen LogP contribution in [0.25, 0.3) is 0 Å². The maximum absolute atomic E-state index is 13.4. The molecular formula is C19H25F3N2O3S. The van der Waals surface area contributed by atoms with Gasteiger partial charge < -0.3 is 4.90 Å². The summed E-state index contributed by atoms with van der Waals surface area (Å²) in [6, 6.07) is 5.06. The molecule has 1 aliphatic carbocycles. The molecule has 156 valence electrons. The van der Waals surface area contributed by atoms with Crippen LogP contribution in [-0.2, 0) is 20.5 Å². The molecule has 1 aromatic rings. The lowest BCUT2D eigenvalue weighted by molar-refractivity contribution is -0.137. The van der Waals surface area contributed by atoms with E-state index in [0.717, 1.165) is 12.3 Å². The van der Waals surface area contributed by atoms with Crippen LogP contribution in [0.3, 0.4) is 0 Å². The summed E-state index contributed by atoms with van der Waals surface area (Å²) in [6.45, 7) is 6.31. The summed E-state index contributed by atoms with van der Waals surface area (Å²) in [4.78, 5) is 1.84. The molecule has 1 aromatic carbocycles. The van der Waals surface area contributed by atoms with Gasteiger partial charge in [0.15, 0.2) is 0 Å². The Kier molecular flexibility index (Phi) is 6.36. The lowest BCUT2D eigenvalue weighted by Crippen LogP contribution is -2.51. The van der Waals surface area contributed by atoms with Gasteiger partial charge >= 0.3 is 6.18 Å². The van der Waals surface area contributed by atoms with Crippen molar-refractivity contribution in [1.29, 1.82) is 5.26 Å². The van der Waals surface area contributed by atoms with E-state index in [1.807, 2.05) is 25.7 Å². The first-order valence-electron chi connectivity index (χ1n) is 9.04. The molecule has 5 nitrogen and oxygen atoms in total. The number of anilines is 1. The second-order valence-corrected chi connectivity index (χ2v) is 9.43. The van der Waals surface area contributed by atoms with Gasteiger partial charge in [0.25, 0.3) is 10.1 Å². The van der Waals surface area contributed by atoms with Crippen LogP contribution in [0.15, 0.2) is 18.2 Å². The molecule has 28 heavy (non-hydrogen) atoms. The molecule has 0 amide bonds. The van der Waals surface area contributed by atoms with E-state index in [2.05, 4.69) is 0 Å². The maximum Gasteiger partial charge on any atom is 0.417 e. The van der Waals surface area contributed by atoms with Crippen LogP contribution in [0.5, 0.6) is 0 Å². The normalized spacial score (nSPS) is 22.5. The Morgan fingerprint density at radius 3 is 2.50 bits per heavy atom. The van der Waals surface area contributed by atoms with Crippen LogP contribution in [0.2, 0.25) is 0 Å². The molecule has 0 bridgehead atoms. The van der Waals surface area contributed by atoms with Gasteiger partial charge in [-0.25, -0.2) is 0 Å². The first kappa shape index (κ1) is 22.5. The molecule has 0 spiro atoms. The van der Waals surface area contributed by atoms with Crippen molar-refractivity contribution < 1.29 is 25.8 Å². The van der Waals surface area contributed by atoms with Gasteiger partial charge in [0.2, 0.25) is 0 Å². The van der Waals surface area contributed by atoms with Crippen molar-refractivity contribution in [3.8, 4) is 6.07 Å². The van der Waals surface area contributed by atoms with E-state index >= 15 is 0 Å². The van der Waals surface area contributed by atoms with E-state index in [1.54, 1.807) is 6.07 Å². The largest absolute Gasteiger partial charge is 0.417 e. The highest BCUT2D eigenvalue weighted by atomic mass is 32.2. The third-order valence-corrected chi connectivity index (χ3v) is 5.91. The molecule has 0 heterocycles. The molecule has 2 rings (SSSR count). The highest BCUT2D eigenvalue weighted by Gasteiger charge is 2.42. The quantitative estimate of drug-likeness (QED) is 0.666. The SMILES string of the molecule is CCN(c1ccc(C#N)c(C(F)(F)F)c1)C1CC(OS(C)(=O)=O)CCC1(C)C. The zero-order valence-corrected chi connectivity index (χ0v) is 17.2. The first-order chi connectivity index (χ1) is 12.8. The van der Waals surface area contributed by atoms with E-state index in [4.69, 9.17) is 9.44 Å². The number of halogens is 3. The molecule has 0 N–H and O–H groups in total. The molecule has 2 atom stereocenters. The fourth-order valence-corrected chi connectivity index (χ4v) is 4.56. The first-order valence-corrected chi connectivity index (χ1v) is 10.9. The smallest absolute Gasteiger partial charge is 0.368 e. The number of rotatable bonds is 5. The predicted octanol–water partition coefficient (Wildman–Crippen LogP) is 4.33. The molecule has 1 fully saturated rings. The topological polar surface area (TPSA) is 70.4 Å². The molecule has 0 aliphatic heterocycles. The lowest BCUT2D eigenvalue weighted by Gasteiger charge is -2.48.